The topological polar surface area (TPSA) is 68.3 Å². The standard InChI is InChI=1S/C27H23FN2O5S/c1-33-22-13-9-21(10-14-22)30-26(32)24(29(27(30)36)16-25(31)34-2)15-18-5-11-23(12-6-18)35-17-19-3-7-20(28)8-4-19/h3-15H,16-17H2,1-2H3/b24-15-. The Labute approximate surface area is 213 Å². The first-order valence-corrected chi connectivity index (χ1v) is 11.4. The van der Waals surface area contributed by atoms with Crippen molar-refractivity contribution in [2.75, 3.05) is 25.7 Å². The van der Waals surface area contributed by atoms with Crippen molar-refractivity contribution >= 4 is 41.0 Å². The van der Waals surface area contributed by atoms with Crippen molar-refractivity contribution in [1.29, 1.82) is 0 Å². The van der Waals surface area contributed by atoms with E-state index in [0.29, 0.717) is 22.7 Å². The normalized spacial score (nSPS) is 14.4. The van der Waals surface area contributed by atoms with E-state index in [1.54, 1.807) is 73.8 Å². The van der Waals surface area contributed by atoms with Crippen molar-refractivity contribution in [1.82, 2.24) is 4.90 Å². The van der Waals surface area contributed by atoms with Crippen LogP contribution in [0, 0.1) is 5.82 Å². The molecular formula is C27H23FN2O5S. The number of hydrogen-bond donors (Lipinski definition) is 0. The van der Waals surface area contributed by atoms with Crippen molar-refractivity contribution in [2.24, 2.45) is 0 Å². The number of nitrogens with zero attached hydrogens (tertiary/aromatic N) is 2. The van der Waals surface area contributed by atoms with Gasteiger partial charge in [0.2, 0.25) is 0 Å². The van der Waals surface area contributed by atoms with Crippen LogP contribution in [0.25, 0.3) is 6.08 Å². The number of ether oxygens (including phenoxy) is 3. The monoisotopic (exact) mass is 506 g/mol. The lowest BCUT2D eigenvalue weighted by Gasteiger charge is -2.19. The van der Waals surface area contributed by atoms with Gasteiger partial charge in [0.25, 0.3) is 5.91 Å². The molecule has 0 saturated carbocycles. The first kappa shape index (κ1) is 24.9. The van der Waals surface area contributed by atoms with Gasteiger partial charge in [-0.3, -0.25) is 14.5 Å². The van der Waals surface area contributed by atoms with Crippen LogP contribution in [0.15, 0.2) is 78.5 Å². The van der Waals surface area contributed by atoms with E-state index < -0.39 is 5.97 Å². The summed E-state index contributed by atoms with van der Waals surface area (Å²) in [5.41, 5.74) is 2.33. The molecule has 0 N–H and O–H groups in total. The molecule has 1 aliphatic rings. The average Bonchev–Trinajstić information content (AvgIpc) is 3.13. The molecule has 0 spiro atoms. The molecule has 0 aliphatic carbocycles. The molecular weight excluding hydrogens is 483 g/mol. The summed E-state index contributed by atoms with van der Waals surface area (Å²) >= 11 is 5.56. The lowest BCUT2D eigenvalue weighted by molar-refractivity contribution is -0.140. The van der Waals surface area contributed by atoms with Crippen LogP contribution in [-0.4, -0.2) is 42.7 Å². The van der Waals surface area contributed by atoms with Gasteiger partial charge >= 0.3 is 5.97 Å². The van der Waals surface area contributed by atoms with E-state index in [-0.39, 0.29) is 35.7 Å². The Morgan fingerprint density at radius 1 is 0.944 bits per heavy atom. The Morgan fingerprint density at radius 3 is 2.19 bits per heavy atom. The first-order valence-electron chi connectivity index (χ1n) is 11.0. The second-order valence-corrected chi connectivity index (χ2v) is 8.16. The maximum absolute atomic E-state index is 13.4. The van der Waals surface area contributed by atoms with Crippen LogP contribution in [0.1, 0.15) is 11.1 Å². The highest BCUT2D eigenvalue weighted by Gasteiger charge is 2.40. The van der Waals surface area contributed by atoms with Gasteiger partial charge in [-0.25, -0.2) is 4.39 Å². The second-order valence-electron chi connectivity index (χ2n) is 7.80. The van der Waals surface area contributed by atoms with Crippen LogP contribution in [0.2, 0.25) is 0 Å². The third kappa shape index (κ3) is 5.52. The van der Waals surface area contributed by atoms with E-state index in [4.69, 9.17) is 26.4 Å². The van der Waals surface area contributed by atoms with E-state index in [9.17, 15) is 14.0 Å². The predicted octanol–water partition coefficient (Wildman–Crippen LogP) is 4.56. The van der Waals surface area contributed by atoms with Gasteiger partial charge in [-0.15, -0.1) is 0 Å². The highest BCUT2D eigenvalue weighted by atomic mass is 32.1. The fraction of sp³-hybridized carbons (Fsp3) is 0.148. The molecule has 0 bridgehead atoms. The quantitative estimate of drug-likeness (QED) is 0.252. The number of amides is 1. The van der Waals surface area contributed by atoms with Gasteiger partial charge in [-0.05, 0) is 78.0 Å². The number of carbonyl (C=O) groups is 2. The second kappa shape index (κ2) is 11.0. The minimum Gasteiger partial charge on any atom is -0.497 e. The van der Waals surface area contributed by atoms with Gasteiger partial charge < -0.3 is 19.1 Å². The summed E-state index contributed by atoms with van der Waals surface area (Å²) < 4.78 is 28.8. The summed E-state index contributed by atoms with van der Waals surface area (Å²) in [6.07, 6.45) is 1.66. The van der Waals surface area contributed by atoms with Gasteiger partial charge in [0.05, 0.1) is 19.9 Å². The zero-order valence-electron chi connectivity index (χ0n) is 19.6. The zero-order valence-corrected chi connectivity index (χ0v) is 20.5. The summed E-state index contributed by atoms with van der Waals surface area (Å²) in [5, 5.41) is 0.168. The molecule has 36 heavy (non-hydrogen) atoms. The maximum atomic E-state index is 13.4. The molecule has 9 heteroatoms. The Kier molecular flexibility index (Phi) is 7.60. The number of rotatable bonds is 8. The predicted molar refractivity (Wildman–Crippen MR) is 137 cm³/mol. The Balaban J connectivity index is 1.56. The molecule has 7 nitrogen and oxygen atoms in total. The largest absolute Gasteiger partial charge is 0.497 e. The van der Waals surface area contributed by atoms with Gasteiger partial charge in [0.15, 0.2) is 5.11 Å². The van der Waals surface area contributed by atoms with Crippen LogP contribution in [-0.2, 0) is 20.9 Å². The number of carbonyl (C=O) groups excluding carboxylic acids is 2. The van der Waals surface area contributed by atoms with E-state index in [1.165, 1.54) is 29.0 Å². The minimum absolute atomic E-state index is 0.168. The molecule has 0 radical (unpaired) electrons. The molecule has 0 aromatic heterocycles. The Morgan fingerprint density at radius 2 is 1.58 bits per heavy atom. The van der Waals surface area contributed by atoms with Crippen LogP contribution in [0.5, 0.6) is 11.5 Å². The molecule has 1 saturated heterocycles. The molecule has 1 aliphatic heterocycles. The maximum Gasteiger partial charge on any atom is 0.325 e. The number of halogens is 1. The van der Waals surface area contributed by atoms with Gasteiger partial charge in [-0.1, -0.05) is 24.3 Å². The first-order chi connectivity index (χ1) is 17.4. The number of methoxy groups -OCH3 is 2. The zero-order chi connectivity index (χ0) is 25.7. The molecule has 184 valence electrons. The molecule has 3 aromatic rings. The molecule has 1 fully saturated rings. The summed E-state index contributed by atoms with van der Waals surface area (Å²) in [6.45, 7) is 0.0790. The molecule has 3 aromatic carbocycles. The highest BCUT2D eigenvalue weighted by molar-refractivity contribution is 7.80. The number of hydrogen-bond acceptors (Lipinski definition) is 6. The SMILES string of the molecule is COC(=O)CN1C(=S)N(c2ccc(OC)cc2)C(=O)/C1=C/c1ccc(OCc2ccc(F)cc2)cc1. The van der Waals surface area contributed by atoms with Crippen molar-refractivity contribution in [3.63, 3.8) is 0 Å². The van der Waals surface area contributed by atoms with Crippen LogP contribution < -0.4 is 14.4 Å². The number of esters is 1. The van der Waals surface area contributed by atoms with Crippen LogP contribution in [0.4, 0.5) is 10.1 Å². The lowest BCUT2D eigenvalue weighted by Crippen LogP contribution is -2.35. The van der Waals surface area contributed by atoms with Gasteiger partial charge in [-0.2, -0.15) is 0 Å². The summed E-state index contributed by atoms with van der Waals surface area (Å²) in [5.74, 6) is 0.0491. The summed E-state index contributed by atoms with van der Waals surface area (Å²) in [4.78, 5) is 28.3. The fourth-order valence-electron chi connectivity index (χ4n) is 3.55. The Bertz CT molecular complexity index is 1290. The number of thiocarbonyl (C=S) groups is 1. The molecule has 0 unspecified atom stereocenters. The average molecular weight is 507 g/mol. The fourth-order valence-corrected chi connectivity index (χ4v) is 3.90. The number of benzene rings is 3. The highest BCUT2D eigenvalue weighted by Crippen LogP contribution is 2.30. The van der Waals surface area contributed by atoms with E-state index in [2.05, 4.69) is 0 Å². The van der Waals surface area contributed by atoms with Crippen molar-refractivity contribution < 1.29 is 28.2 Å². The van der Waals surface area contributed by atoms with Crippen molar-refractivity contribution in [3.05, 3.63) is 95.4 Å². The molecule has 1 heterocycles. The smallest absolute Gasteiger partial charge is 0.325 e. The minimum atomic E-state index is -0.530. The third-order valence-electron chi connectivity index (χ3n) is 5.48. The Hall–Kier alpha value is -4.24. The van der Waals surface area contributed by atoms with Crippen LogP contribution in [0.3, 0.4) is 0 Å². The van der Waals surface area contributed by atoms with E-state index >= 15 is 0 Å². The van der Waals surface area contributed by atoms with E-state index in [0.717, 1.165) is 5.56 Å². The van der Waals surface area contributed by atoms with Gasteiger partial charge in [0.1, 0.15) is 36.2 Å². The van der Waals surface area contributed by atoms with Crippen molar-refractivity contribution in [2.45, 2.75) is 6.61 Å². The molecule has 0 atom stereocenters. The number of anilines is 1. The summed E-state index contributed by atoms with van der Waals surface area (Å²) in [7, 11) is 2.83. The van der Waals surface area contributed by atoms with E-state index in [1.807, 2.05) is 0 Å². The van der Waals surface area contributed by atoms with Crippen LogP contribution >= 0.6 is 12.2 Å². The molecule has 1 amide bonds. The molecule has 4 rings (SSSR count). The summed E-state index contributed by atoms with van der Waals surface area (Å²) in [6, 6.07) is 20.1. The lowest BCUT2D eigenvalue weighted by atomic mass is 10.1. The van der Waals surface area contributed by atoms with Gasteiger partial charge in [0, 0.05) is 0 Å². The van der Waals surface area contributed by atoms with Crippen molar-refractivity contribution in [3.8, 4) is 11.5 Å². The third-order valence-corrected chi connectivity index (χ3v) is 5.89.